The minimum atomic E-state index is -0.133. The number of rotatable bonds is 8. The van der Waals surface area contributed by atoms with Gasteiger partial charge < -0.3 is 19.7 Å². The summed E-state index contributed by atoms with van der Waals surface area (Å²) in [4.78, 5) is 20.7. The van der Waals surface area contributed by atoms with E-state index in [1.54, 1.807) is 11.9 Å². The van der Waals surface area contributed by atoms with Gasteiger partial charge in [-0.05, 0) is 36.2 Å². The Kier molecular flexibility index (Phi) is 7.84. The molecule has 1 aromatic carbocycles. The molecule has 1 fully saturated rings. The number of aromatic nitrogens is 1. The first-order valence-electron chi connectivity index (χ1n) is 10.0. The number of nitrogens with zero attached hydrogens (tertiary/aromatic N) is 3. The molecule has 0 aliphatic carbocycles. The lowest BCUT2D eigenvalue weighted by molar-refractivity contribution is 0.0322. The molecule has 0 unspecified atom stereocenters. The number of hydrogen-bond donors (Lipinski definition) is 1. The normalized spacial score (nSPS) is 14.4. The fourth-order valence-electron chi connectivity index (χ4n) is 3.08. The molecule has 0 bridgehead atoms. The van der Waals surface area contributed by atoms with Crippen LogP contribution in [-0.2, 0) is 17.8 Å². The lowest BCUT2D eigenvalue weighted by Gasteiger charge is -2.26. The lowest BCUT2D eigenvalue weighted by atomic mass is 10.2. The quantitative estimate of drug-likeness (QED) is 0.740. The molecular weight excluding hydrogens is 368 g/mol. The average Bonchev–Trinajstić information content (AvgIpc) is 2.75. The van der Waals surface area contributed by atoms with E-state index in [1.807, 2.05) is 49.5 Å². The molecule has 0 radical (unpaired) electrons. The molecule has 2 amide bonds. The highest BCUT2D eigenvalue weighted by Gasteiger charge is 2.11. The number of carbonyl (C=O) groups excluding carboxylic acids is 1. The first kappa shape index (κ1) is 21.1. The molecule has 29 heavy (non-hydrogen) atoms. The van der Waals surface area contributed by atoms with Gasteiger partial charge in [0.05, 0.1) is 25.5 Å². The van der Waals surface area contributed by atoms with Gasteiger partial charge in [0.1, 0.15) is 12.4 Å². The molecule has 0 saturated carbocycles. The average molecular weight is 399 g/mol. The molecule has 1 aliphatic rings. The van der Waals surface area contributed by atoms with E-state index in [-0.39, 0.29) is 6.03 Å². The third-order valence-corrected chi connectivity index (χ3v) is 4.84. The molecule has 1 N–H and O–H groups in total. The Morgan fingerprint density at radius 3 is 2.86 bits per heavy atom. The Balaban J connectivity index is 1.41. The highest BCUT2D eigenvalue weighted by atomic mass is 16.5. The molecular formula is C22H30N4O3. The van der Waals surface area contributed by atoms with Crippen molar-refractivity contribution in [1.82, 2.24) is 20.1 Å². The highest BCUT2D eigenvalue weighted by molar-refractivity contribution is 5.73. The molecule has 7 nitrogen and oxygen atoms in total. The van der Waals surface area contributed by atoms with Crippen molar-refractivity contribution in [2.24, 2.45) is 0 Å². The Morgan fingerprint density at radius 2 is 2.10 bits per heavy atom. The van der Waals surface area contributed by atoms with E-state index < -0.39 is 0 Å². The van der Waals surface area contributed by atoms with Gasteiger partial charge in [-0.15, -0.1) is 0 Å². The Morgan fingerprint density at radius 1 is 1.28 bits per heavy atom. The number of ether oxygens (including phenoxy) is 2. The van der Waals surface area contributed by atoms with Crippen molar-refractivity contribution in [2.45, 2.75) is 20.0 Å². The van der Waals surface area contributed by atoms with Crippen LogP contribution in [0.5, 0.6) is 5.75 Å². The van der Waals surface area contributed by atoms with Crippen molar-refractivity contribution in [2.75, 3.05) is 46.5 Å². The van der Waals surface area contributed by atoms with Crippen molar-refractivity contribution < 1.29 is 14.3 Å². The maximum atomic E-state index is 12.4. The van der Waals surface area contributed by atoms with Gasteiger partial charge in [-0.25, -0.2) is 4.79 Å². The third kappa shape index (κ3) is 7.03. The fourth-order valence-corrected chi connectivity index (χ4v) is 3.08. The van der Waals surface area contributed by atoms with Crippen molar-refractivity contribution in [1.29, 1.82) is 0 Å². The zero-order valence-corrected chi connectivity index (χ0v) is 17.3. The summed E-state index contributed by atoms with van der Waals surface area (Å²) in [5.41, 5.74) is 2.97. The van der Waals surface area contributed by atoms with Crippen molar-refractivity contribution in [3.63, 3.8) is 0 Å². The van der Waals surface area contributed by atoms with E-state index in [4.69, 9.17) is 9.47 Å². The van der Waals surface area contributed by atoms with Crippen LogP contribution in [0.1, 0.15) is 16.8 Å². The number of nitrogens with one attached hydrogen (secondary N) is 1. The molecule has 1 aliphatic heterocycles. The number of hydrogen-bond acceptors (Lipinski definition) is 5. The fraction of sp³-hybridized carbons (Fsp3) is 0.455. The summed E-state index contributed by atoms with van der Waals surface area (Å²) in [6.07, 6.45) is 1.81. The number of urea groups is 1. The molecule has 2 heterocycles. The van der Waals surface area contributed by atoms with Crippen molar-refractivity contribution in [3.05, 3.63) is 59.4 Å². The van der Waals surface area contributed by atoms with Crippen LogP contribution >= 0.6 is 0 Å². The summed E-state index contributed by atoms with van der Waals surface area (Å²) in [6.45, 7) is 7.95. The second kappa shape index (κ2) is 10.8. The Hall–Kier alpha value is -2.64. The summed E-state index contributed by atoms with van der Waals surface area (Å²) < 4.78 is 11.2. The number of amides is 2. The van der Waals surface area contributed by atoms with Crippen LogP contribution in [0.2, 0.25) is 0 Å². The summed E-state index contributed by atoms with van der Waals surface area (Å²) in [7, 11) is 1.77. The van der Waals surface area contributed by atoms with Gasteiger partial charge in [-0.3, -0.25) is 9.88 Å². The van der Waals surface area contributed by atoms with Crippen LogP contribution in [-0.4, -0.2) is 67.3 Å². The van der Waals surface area contributed by atoms with Crippen LogP contribution in [0.25, 0.3) is 0 Å². The van der Waals surface area contributed by atoms with E-state index in [2.05, 4.69) is 15.2 Å². The summed E-state index contributed by atoms with van der Waals surface area (Å²) in [5.74, 6) is 0.821. The first-order chi connectivity index (χ1) is 14.1. The van der Waals surface area contributed by atoms with Gasteiger partial charge in [0.15, 0.2) is 0 Å². The molecule has 0 spiro atoms. The van der Waals surface area contributed by atoms with Crippen LogP contribution < -0.4 is 10.1 Å². The molecule has 3 rings (SSSR count). The summed E-state index contributed by atoms with van der Waals surface area (Å²) in [5, 5.41) is 2.95. The van der Waals surface area contributed by atoms with Gasteiger partial charge in [-0.1, -0.05) is 18.2 Å². The smallest absolute Gasteiger partial charge is 0.317 e. The maximum absolute atomic E-state index is 12.4. The first-order valence-corrected chi connectivity index (χ1v) is 10.0. The standard InChI is InChI=1S/C22H30N4O3/c1-18-6-7-20(23-15-18)17-25(2)22(27)24-16-19-4-3-5-21(14-19)29-13-10-26-8-11-28-12-9-26/h3-7,14-15H,8-13,16-17H2,1-2H3,(H,24,27). The number of morpholine rings is 1. The maximum Gasteiger partial charge on any atom is 0.317 e. The van der Waals surface area contributed by atoms with E-state index in [0.29, 0.717) is 19.7 Å². The molecule has 2 aromatic rings. The zero-order chi connectivity index (χ0) is 20.5. The van der Waals surface area contributed by atoms with Crippen LogP contribution in [0, 0.1) is 6.92 Å². The second-order valence-corrected chi connectivity index (χ2v) is 7.29. The van der Waals surface area contributed by atoms with Gasteiger partial charge in [0.2, 0.25) is 0 Å². The SMILES string of the molecule is Cc1ccc(CN(C)C(=O)NCc2cccc(OCCN3CCOCC3)c2)nc1. The van der Waals surface area contributed by atoms with Crippen LogP contribution in [0.4, 0.5) is 4.79 Å². The van der Waals surface area contributed by atoms with E-state index in [9.17, 15) is 4.79 Å². The molecule has 156 valence electrons. The molecule has 1 aromatic heterocycles. The number of benzene rings is 1. The minimum absolute atomic E-state index is 0.133. The van der Waals surface area contributed by atoms with E-state index in [1.165, 1.54) is 0 Å². The Labute approximate surface area is 172 Å². The lowest BCUT2D eigenvalue weighted by Crippen LogP contribution is -2.38. The Bertz CT molecular complexity index is 776. The monoisotopic (exact) mass is 398 g/mol. The molecule has 1 saturated heterocycles. The number of pyridine rings is 1. The van der Waals surface area contributed by atoms with Crippen LogP contribution in [0.15, 0.2) is 42.6 Å². The molecule has 0 atom stereocenters. The minimum Gasteiger partial charge on any atom is -0.492 e. The topological polar surface area (TPSA) is 66.9 Å². The van der Waals surface area contributed by atoms with Gasteiger partial charge in [-0.2, -0.15) is 0 Å². The summed E-state index contributed by atoms with van der Waals surface area (Å²) >= 11 is 0. The van der Waals surface area contributed by atoms with Crippen molar-refractivity contribution >= 4 is 6.03 Å². The predicted octanol–water partition coefficient (Wildman–Crippen LogP) is 2.44. The van der Waals surface area contributed by atoms with E-state index >= 15 is 0 Å². The number of carbonyl (C=O) groups is 1. The largest absolute Gasteiger partial charge is 0.492 e. The van der Waals surface area contributed by atoms with Gasteiger partial charge in [0, 0.05) is 39.4 Å². The number of aryl methyl sites for hydroxylation is 1. The third-order valence-electron chi connectivity index (χ3n) is 4.84. The van der Waals surface area contributed by atoms with Gasteiger partial charge in [0.25, 0.3) is 0 Å². The highest BCUT2D eigenvalue weighted by Crippen LogP contribution is 2.13. The predicted molar refractivity (Wildman–Crippen MR) is 112 cm³/mol. The second-order valence-electron chi connectivity index (χ2n) is 7.29. The summed E-state index contributed by atoms with van der Waals surface area (Å²) in [6, 6.07) is 11.7. The molecule has 7 heteroatoms. The van der Waals surface area contributed by atoms with E-state index in [0.717, 1.165) is 55.4 Å². The van der Waals surface area contributed by atoms with Gasteiger partial charge >= 0.3 is 6.03 Å². The van der Waals surface area contributed by atoms with Crippen LogP contribution in [0.3, 0.4) is 0 Å². The zero-order valence-electron chi connectivity index (χ0n) is 17.3. The van der Waals surface area contributed by atoms with Crippen molar-refractivity contribution in [3.8, 4) is 5.75 Å².